The summed E-state index contributed by atoms with van der Waals surface area (Å²) in [4.78, 5) is 0. The molecule has 0 amide bonds. The molecule has 0 rings (SSSR count). The van der Waals surface area contributed by atoms with Crippen molar-refractivity contribution in [3.63, 3.8) is 0 Å². The van der Waals surface area contributed by atoms with E-state index in [1.807, 2.05) is 0 Å². The van der Waals surface area contributed by atoms with Gasteiger partial charge in [-0.2, -0.15) is 0 Å². The van der Waals surface area contributed by atoms with E-state index in [1.165, 1.54) is 57.8 Å². The van der Waals surface area contributed by atoms with Gasteiger partial charge in [-0.05, 0) is 12.8 Å². The third kappa shape index (κ3) is 13.6. The second-order valence-electron chi connectivity index (χ2n) is 4.33. The SMILES string of the molecule is CCCCCCC#CCCCCCCC. The normalized spacial score (nSPS) is 9.73. The Morgan fingerprint density at radius 2 is 0.933 bits per heavy atom. The van der Waals surface area contributed by atoms with E-state index in [-0.39, 0.29) is 0 Å². The first-order chi connectivity index (χ1) is 7.41. The van der Waals surface area contributed by atoms with Crippen molar-refractivity contribution in [2.24, 2.45) is 0 Å². The van der Waals surface area contributed by atoms with Crippen molar-refractivity contribution >= 4 is 0 Å². The molecule has 0 unspecified atom stereocenters. The lowest BCUT2D eigenvalue weighted by atomic mass is 10.1. The average molecular weight is 208 g/mol. The molecular formula is C15H28. The predicted octanol–water partition coefficient (Wildman–Crippen LogP) is 5.32. The molecule has 0 nitrogen and oxygen atoms in total. The van der Waals surface area contributed by atoms with Crippen molar-refractivity contribution in [2.75, 3.05) is 0 Å². The van der Waals surface area contributed by atoms with Crippen LogP contribution in [0.25, 0.3) is 0 Å². The standard InChI is InChI=1S/C15H28/c1-3-5-7-9-11-13-15-14-12-10-8-6-4-2/h3-13H2,1-2H3. The van der Waals surface area contributed by atoms with Crippen molar-refractivity contribution in [2.45, 2.75) is 84.5 Å². The van der Waals surface area contributed by atoms with E-state index < -0.39 is 0 Å². The largest absolute Gasteiger partial charge is 0.103 e. The minimum Gasteiger partial charge on any atom is -0.103 e. The van der Waals surface area contributed by atoms with Crippen molar-refractivity contribution in [3.05, 3.63) is 0 Å². The van der Waals surface area contributed by atoms with Crippen LogP contribution in [0.15, 0.2) is 0 Å². The molecule has 0 saturated heterocycles. The summed E-state index contributed by atoms with van der Waals surface area (Å²) in [5.41, 5.74) is 0. The second kappa shape index (κ2) is 13.6. The number of rotatable bonds is 9. The van der Waals surface area contributed by atoms with Gasteiger partial charge in [-0.15, -0.1) is 11.8 Å². The zero-order valence-electron chi connectivity index (χ0n) is 10.8. The molecule has 0 saturated carbocycles. The first-order valence-corrected chi connectivity index (χ1v) is 6.87. The Bertz CT molecular complexity index is 159. The van der Waals surface area contributed by atoms with Crippen LogP contribution in [0.3, 0.4) is 0 Å². The molecule has 88 valence electrons. The van der Waals surface area contributed by atoms with Crippen LogP contribution in [-0.2, 0) is 0 Å². The van der Waals surface area contributed by atoms with Crippen LogP contribution >= 0.6 is 0 Å². The summed E-state index contributed by atoms with van der Waals surface area (Å²) in [7, 11) is 0. The molecule has 0 spiro atoms. The lowest BCUT2D eigenvalue weighted by molar-refractivity contribution is 0.640. The van der Waals surface area contributed by atoms with E-state index in [1.54, 1.807) is 0 Å². The van der Waals surface area contributed by atoms with Gasteiger partial charge in [0.15, 0.2) is 0 Å². The molecule has 0 fully saturated rings. The highest BCUT2D eigenvalue weighted by Crippen LogP contribution is 2.04. The average Bonchev–Trinajstić information content (AvgIpc) is 2.26. The van der Waals surface area contributed by atoms with Gasteiger partial charge >= 0.3 is 0 Å². The van der Waals surface area contributed by atoms with Gasteiger partial charge in [-0.1, -0.05) is 58.8 Å². The maximum atomic E-state index is 3.29. The molecule has 0 atom stereocenters. The van der Waals surface area contributed by atoms with Crippen LogP contribution in [0.5, 0.6) is 0 Å². The zero-order valence-corrected chi connectivity index (χ0v) is 10.8. The fourth-order valence-electron chi connectivity index (χ4n) is 1.63. The van der Waals surface area contributed by atoms with Crippen molar-refractivity contribution < 1.29 is 0 Å². The van der Waals surface area contributed by atoms with E-state index >= 15 is 0 Å². The van der Waals surface area contributed by atoms with Crippen LogP contribution in [0.2, 0.25) is 0 Å². The summed E-state index contributed by atoms with van der Waals surface area (Å²) < 4.78 is 0. The van der Waals surface area contributed by atoms with Crippen LogP contribution in [0.1, 0.15) is 84.5 Å². The lowest BCUT2D eigenvalue weighted by Gasteiger charge is -1.94. The van der Waals surface area contributed by atoms with Crippen LogP contribution < -0.4 is 0 Å². The van der Waals surface area contributed by atoms with Crippen LogP contribution in [-0.4, -0.2) is 0 Å². The minimum absolute atomic E-state index is 1.12. The Kier molecular flexibility index (Phi) is 13.2. The van der Waals surface area contributed by atoms with E-state index in [0.717, 1.165) is 12.8 Å². The maximum absolute atomic E-state index is 3.29. The Balaban J connectivity index is 3.03. The lowest BCUT2D eigenvalue weighted by Crippen LogP contribution is -1.77. The van der Waals surface area contributed by atoms with Gasteiger partial charge in [0.25, 0.3) is 0 Å². The van der Waals surface area contributed by atoms with Gasteiger partial charge in [0.2, 0.25) is 0 Å². The Hall–Kier alpha value is -0.440. The molecule has 0 N–H and O–H groups in total. The molecule has 0 aliphatic heterocycles. The number of unbranched alkanes of at least 4 members (excludes halogenated alkanes) is 9. The van der Waals surface area contributed by atoms with Crippen molar-refractivity contribution in [1.29, 1.82) is 0 Å². The summed E-state index contributed by atoms with van der Waals surface area (Å²) in [6.45, 7) is 4.51. The molecule has 0 aromatic heterocycles. The second-order valence-corrected chi connectivity index (χ2v) is 4.33. The van der Waals surface area contributed by atoms with Gasteiger partial charge in [-0.3, -0.25) is 0 Å². The summed E-state index contributed by atoms with van der Waals surface area (Å²) in [5.74, 6) is 6.57. The Labute approximate surface area is 96.8 Å². The molecule has 0 aliphatic carbocycles. The summed E-state index contributed by atoms with van der Waals surface area (Å²) in [5, 5.41) is 0. The maximum Gasteiger partial charge on any atom is 0.00886 e. The highest BCUT2D eigenvalue weighted by molar-refractivity contribution is 4.98. The van der Waals surface area contributed by atoms with Gasteiger partial charge < -0.3 is 0 Å². The molecule has 0 aliphatic rings. The van der Waals surface area contributed by atoms with Crippen molar-refractivity contribution in [1.82, 2.24) is 0 Å². The topological polar surface area (TPSA) is 0 Å². The van der Waals surface area contributed by atoms with Gasteiger partial charge in [0.05, 0.1) is 0 Å². The molecule has 0 heterocycles. The van der Waals surface area contributed by atoms with Gasteiger partial charge in [-0.25, -0.2) is 0 Å². The number of hydrogen-bond acceptors (Lipinski definition) is 0. The van der Waals surface area contributed by atoms with Crippen molar-refractivity contribution in [3.8, 4) is 11.8 Å². The van der Waals surface area contributed by atoms with E-state index in [4.69, 9.17) is 0 Å². The molecular weight excluding hydrogens is 180 g/mol. The summed E-state index contributed by atoms with van der Waals surface area (Å²) >= 11 is 0. The first kappa shape index (κ1) is 14.6. The predicted molar refractivity (Wildman–Crippen MR) is 69.9 cm³/mol. The third-order valence-electron chi connectivity index (χ3n) is 2.69. The quantitative estimate of drug-likeness (QED) is 0.355. The fourth-order valence-corrected chi connectivity index (χ4v) is 1.63. The Morgan fingerprint density at radius 1 is 0.533 bits per heavy atom. The Morgan fingerprint density at radius 3 is 1.40 bits per heavy atom. The molecule has 0 bridgehead atoms. The summed E-state index contributed by atoms with van der Waals surface area (Å²) in [6.07, 6.45) is 14.4. The van der Waals surface area contributed by atoms with Gasteiger partial charge in [0.1, 0.15) is 0 Å². The smallest absolute Gasteiger partial charge is 0.00886 e. The monoisotopic (exact) mass is 208 g/mol. The highest BCUT2D eigenvalue weighted by Gasteiger charge is 1.86. The molecule has 0 aromatic carbocycles. The van der Waals surface area contributed by atoms with E-state index in [2.05, 4.69) is 25.7 Å². The molecule has 15 heavy (non-hydrogen) atoms. The van der Waals surface area contributed by atoms with E-state index in [9.17, 15) is 0 Å². The van der Waals surface area contributed by atoms with Gasteiger partial charge in [0, 0.05) is 12.8 Å². The fraction of sp³-hybridized carbons (Fsp3) is 0.867. The zero-order chi connectivity index (χ0) is 11.2. The molecule has 0 radical (unpaired) electrons. The highest BCUT2D eigenvalue weighted by atomic mass is 13.9. The first-order valence-electron chi connectivity index (χ1n) is 6.87. The number of hydrogen-bond donors (Lipinski definition) is 0. The van der Waals surface area contributed by atoms with Crippen LogP contribution in [0.4, 0.5) is 0 Å². The summed E-state index contributed by atoms with van der Waals surface area (Å²) in [6, 6.07) is 0. The molecule has 0 aromatic rings. The minimum atomic E-state index is 1.12. The van der Waals surface area contributed by atoms with Crippen LogP contribution in [0, 0.1) is 11.8 Å². The van der Waals surface area contributed by atoms with E-state index in [0.29, 0.717) is 0 Å². The molecule has 0 heteroatoms. The third-order valence-corrected chi connectivity index (χ3v) is 2.69.